The number of allylic oxidation sites excluding steroid dienone is 1. The zero-order chi connectivity index (χ0) is 9.26. The summed E-state index contributed by atoms with van der Waals surface area (Å²) in [6, 6.07) is 2.32. The van der Waals surface area contributed by atoms with Crippen molar-refractivity contribution in [2.24, 2.45) is 5.73 Å². The zero-order valence-electron chi connectivity index (χ0n) is 7.92. The van der Waals surface area contributed by atoms with E-state index in [0.717, 1.165) is 0 Å². The number of hydrogen-bond donors (Lipinski definition) is 1. The van der Waals surface area contributed by atoms with E-state index in [-0.39, 0.29) is 6.04 Å². The van der Waals surface area contributed by atoms with Crippen molar-refractivity contribution in [3.05, 3.63) is 33.5 Å². The van der Waals surface area contributed by atoms with Crippen LogP contribution in [0.2, 0.25) is 0 Å². The highest BCUT2D eigenvalue weighted by atomic mass is 32.1. The second-order valence-electron chi connectivity index (χ2n) is 3.62. The SMILES string of the molecule is Cc1ccsc1C(N)C1=CCCC1. The van der Waals surface area contributed by atoms with Gasteiger partial charge in [0.15, 0.2) is 0 Å². The normalized spacial score (nSPS) is 18.8. The molecule has 1 heterocycles. The molecule has 2 heteroatoms. The lowest BCUT2D eigenvalue weighted by molar-refractivity contribution is 0.793. The van der Waals surface area contributed by atoms with Crippen LogP contribution in [0.1, 0.15) is 35.7 Å². The van der Waals surface area contributed by atoms with Gasteiger partial charge in [0.2, 0.25) is 0 Å². The molecular weight excluding hydrogens is 178 g/mol. The largest absolute Gasteiger partial charge is 0.320 e. The molecule has 1 aliphatic rings. The minimum atomic E-state index is 0.169. The number of nitrogens with two attached hydrogens (primary N) is 1. The first-order valence-electron chi connectivity index (χ1n) is 4.77. The van der Waals surface area contributed by atoms with Crippen molar-refractivity contribution in [1.29, 1.82) is 0 Å². The predicted molar refractivity (Wildman–Crippen MR) is 57.9 cm³/mol. The first-order valence-corrected chi connectivity index (χ1v) is 5.65. The van der Waals surface area contributed by atoms with Crippen LogP contribution >= 0.6 is 11.3 Å². The molecule has 13 heavy (non-hydrogen) atoms. The lowest BCUT2D eigenvalue weighted by Crippen LogP contribution is -2.11. The van der Waals surface area contributed by atoms with Crippen molar-refractivity contribution in [3.63, 3.8) is 0 Å². The van der Waals surface area contributed by atoms with E-state index in [0.29, 0.717) is 0 Å². The maximum atomic E-state index is 6.19. The summed E-state index contributed by atoms with van der Waals surface area (Å²) in [6.45, 7) is 2.14. The summed E-state index contributed by atoms with van der Waals surface area (Å²) in [5.74, 6) is 0. The van der Waals surface area contributed by atoms with Crippen molar-refractivity contribution in [2.75, 3.05) is 0 Å². The van der Waals surface area contributed by atoms with Gasteiger partial charge in [-0.3, -0.25) is 0 Å². The first kappa shape index (κ1) is 8.97. The third kappa shape index (κ3) is 1.69. The molecule has 1 aliphatic carbocycles. The molecule has 2 rings (SSSR count). The highest BCUT2D eigenvalue weighted by Crippen LogP contribution is 2.32. The Hall–Kier alpha value is -0.600. The molecule has 0 fully saturated rings. The van der Waals surface area contributed by atoms with Crippen molar-refractivity contribution >= 4 is 11.3 Å². The van der Waals surface area contributed by atoms with Gasteiger partial charge in [-0.25, -0.2) is 0 Å². The van der Waals surface area contributed by atoms with Crippen LogP contribution in [0.4, 0.5) is 0 Å². The molecule has 0 bridgehead atoms. The van der Waals surface area contributed by atoms with Crippen molar-refractivity contribution in [3.8, 4) is 0 Å². The van der Waals surface area contributed by atoms with Gasteiger partial charge in [-0.2, -0.15) is 0 Å². The standard InChI is InChI=1S/C11H15NS/c1-8-6-7-13-11(8)10(12)9-4-2-3-5-9/h4,6-7,10H,2-3,5,12H2,1H3. The number of hydrogen-bond acceptors (Lipinski definition) is 2. The smallest absolute Gasteiger partial charge is 0.0608 e. The Kier molecular flexibility index (Phi) is 2.51. The van der Waals surface area contributed by atoms with Gasteiger partial charge >= 0.3 is 0 Å². The molecule has 1 aromatic rings. The van der Waals surface area contributed by atoms with Crippen molar-refractivity contribution < 1.29 is 0 Å². The van der Waals surface area contributed by atoms with E-state index in [2.05, 4.69) is 24.4 Å². The Balaban J connectivity index is 2.21. The molecule has 0 spiro atoms. The Morgan fingerprint density at radius 1 is 1.54 bits per heavy atom. The van der Waals surface area contributed by atoms with Crippen LogP contribution in [-0.2, 0) is 0 Å². The van der Waals surface area contributed by atoms with Crippen LogP contribution < -0.4 is 5.73 Å². The third-order valence-electron chi connectivity index (χ3n) is 2.66. The number of thiophene rings is 1. The van der Waals surface area contributed by atoms with Crippen LogP contribution in [0.25, 0.3) is 0 Å². The van der Waals surface area contributed by atoms with Crippen LogP contribution in [0.5, 0.6) is 0 Å². The lowest BCUT2D eigenvalue weighted by Gasteiger charge is -2.12. The Labute approximate surface area is 83.3 Å². The molecule has 1 atom stereocenters. The maximum absolute atomic E-state index is 6.19. The van der Waals surface area contributed by atoms with Gasteiger partial charge in [0.25, 0.3) is 0 Å². The molecule has 0 saturated carbocycles. The summed E-state index contributed by atoms with van der Waals surface area (Å²) in [7, 11) is 0. The van der Waals surface area contributed by atoms with Gasteiger partial charge in [-0.1, -0.05) is 11.6 Å². The molecule has 0 aromatic carbocycles. The highest BCUT2D eigenvalue weighted by molar-refractivity contribution is 7.10. The monoisotopic (exact) mass is 193 g/mol. The van der Waals surface area contributed by atoms with Crippen LogP contribution in [0, 0.1) is 6.92 Å². The molecular formula is C11H15NS. The summed E-state index contributed by atoms with van der Waals surface area (Å²) >= 11 is 1.78. The molecule has 1 unspecified atom stereocenters. The first-order chi connectivity index (χ1) is 6.29. The van der Waals surface area contributed by atoms with Crippen molar-refractivity contribution in [2.45, 2.75) is 32.2 Å². The van der Waals surface area contributed by atoms with Gasteiger partial charge < -0.3 is 5.73 Å². The van der Waals surface area contributed by atoms with Crippen LogP contribution in [0.15, 0.2) is 23.1 Å². The fraction of sp³-hybridized carbons (Fsp3) is 0.455. The minimum Gasteiger partial charge on any atom is -0.320 e. The van der Waals surface area contributed by atoms with E-state index in [9.17, 15) is 0 Å². The van der Waals surface area contributed by atoms with Gasteiger partial charge in [-0.05, 0) is 43.2 Å². The molecule has 2 N–H and O–H groups in total. The van der Waals surface area contributed by atoms with E-state index in [1.807, 2.05) is 0 Å². The molecule has 0 aliphatic heterocycles. The van der Waals surface area contributed by atoms with E-state index in [4.69, 9.17) is 5.73 Å². The Bertz CT molecular complexity index is 325. The fourth-order valence-electron chi connectivity index (χ4n) is 1.85. The van der Waals surface area contributed by atoms with Crippen LogP contribution in [0.3, 0.4) is 0 Å². The van der Waals surface area contributed by atoms with E-state index < -0.39 is 0 Å². The molecule has 1 aromatic heterocycles. The van der Waals surface area contributed by atoms with E-state index >= 15 is 0 Å². The van der Waals surface area contributed by atoms with Gasteiger partial charge in [0.1, 0.15) is 0 Å². The van der Waals surface area contributed by atoms with E-state index in [1.54, 1.807) is 11.3 Å². The molecule has 1 nitrogen and oxygen atoms in total. The fourth-order valence-corrected chi connectivity index (χ4v) is 2.82. The van der Waals surface area contributed by atoms with Gasteiger partial charge in [0.05, 0.1) is 6.04 Å². The highest BCUT2D eigenvalue weighted by Gasteiger charge is 2.17. The van der Waals surface area contributed by atoms with Gasteiger partial charge in [-0.15, -0.1) is 11.3 Å². The maximum Gasteiger partial charge on any atom is 0.0608 e. The number of rotatable bonds is 2. The summed E-state index contributed by atoms with van der Waals surface area (Å²) in [5.41, 5.74) is 8.96. The summed E-state index contributed by atoms with van der Waals surface area (Å²) < 4.78 is 0. The Morgan fingerprint density at radius 3 is 2.92 bits per heavy atom. The average molecular weight is 193 g/mol. The second-order valence-corrected chi connectivity index (χ2v) is 4.56. The molecule has 70 valence electrons. The molecule has 0 radical (unpaired) electrons. The number of aryl methyl sites for hydroxylation is 1. The molecule has 0 amide bonds. The zero-order valence-corrected chi connectivity index (χ0v) is 8.73. The topological polar surface area (TPSA) is 26.0 Å². The van der Waals surface area contributed by atoms with Crippen molar-refractivity contribution in [1.82, 2.24) is 0 Å². The predicted octanol–water partition coefficient (Wildman–Crippen LogP) is 3.17. The summed E-state index contributed by atoms with van der Waals surface area (Å²) in [5, 5.41) is 2.13. The minimum absolute atomic E-state index is 0.169. The summed E-state index contributed by atoms with van der Waals surface area (Å²) in [4.78, 5) is 1.34. The van der Waals surface area contributed by atoms with Crippen LogP contribution in [-0.4, -0.2) is 0 Å². The average Bonchev–Trinajstić information content (AvgIpc) is 2.72. The lowest BCUT2D eigenvalue weighted by atomic mass is 10.0. The second kappa shape index (κ2) is 3.64. The molecule has 0 saturated heterocycles. The Morgan fingerprint density at radius 2 is 2.38 bits per heavy atom. The van der Waals surface area contributed by atoms with E-state index in [1.165, 1.54) is 35.3 Å². The summed E-state index contributed by atoms with van der Waals surface area (Å²) in [6.07, 6.45) is 6.00. The van der Waals surface area contributed by atoms with Gasteiger partial charge in [0, 0.05) is 4.88 Å². The third-order valence-corrected chi connectivity index (χ3v) is 3.76. The quantitative estimate of drug-likeness (QED) is 0.717.